The van der Waals surface area contributed by atoms with Crippen LogP contribution in [-0.2, 0) is 17.6 Å². The second-order valence-electron chi connectivity index (χ2n) is 10.5. The molecule has 1 aliphatic heterocycles. The lowest BCUT2D eigenvalue weighted by Gasteiger charge is -2.26. The highest BCUT2D eigenvalue weighted by atomic mass is 16.5. The van der Waals surface area contributed by atoms with Gasteiger partial charge in [0.25, 0.3) is 0 Å². The number of amides is 2. The van der Waals surface area contributed by atoms with Crippen LogP contribution in [-0.4, -0.2) is 70.2 Å². The van der Waals surface area contributed by atoms with Gasteiger partial charge in [-0.15, -0.1) is 5.10 Å². The van der Waals surface area contributed by atoms with Crippen molar-refractivity contribution in [3.8, 4) is 11.3 Å². The Morgan fingerprint density at radius 3 is 2.47 bits per heavy atom. The molecule has 220 valence electrons. The zero-order valence-corrected chi connectivity index (χ0v) is 24.3. The highest BCUT2D eigenvalue weighted by Crippen LogP contribution is 2.30. The lowest BCUT2D eigenvalue weighted by molar-refractivity contribution is 0.0395. The van der Waals surface area contributed by atoms with Crippen molar-refractivity contribution in [3.05, 3.63) is 102 Å². The topological polar surface area (TPSA) is 109 Å². The van der Waals surface area contributed by atoms with Crippen molar-refractivity contribution < 1.29 is 9.53 Å². The van der Waals surface area contributed by atoms with Crippen molar-refractivity contribution in [1.82, 2.24) is 24.8 Å². The molecule has 0 unspecified atom stereocenters. The molecular weight excluding hydrogens is 540 g/mol. The first-order valence-electron chi connectivity index (χ1n) is 14.7. The van der Waals surface area contributed by atoms with E-state index in [1.165, 1.54) is 0 Å². The molecule has 2 aromatic heterocycles. The first kappa shape index (κ1) is 28.3. The number of aryl methyl sites for hydroxylation is 1. The molecule has 0 radical (unpaired) electrons. The van der Waals surface area contributed by atoms with Crippen molar-refractivity contribution in [1.29, 1.82) is 0 Å². The van der Waals surface area contributed by atoms with Gasteiger partial charge in [-0.2, -0.15) is 4.79 Å². The van der Waals surface area contributed by atoms with Gasteiger partial charge in [0.05, 0.1) is 24.3 Å². The monoisotopic (exact) mass is 576 g/mol. The van der Waals surface area contributed by atoms with Crippen LogP contribution in [0.5, 0.6) is 0 Å². The maximum absolute atomic E-state index is 12.7. The average Bonchev–Trinajstić information content (AvgIpc) is 3.42. The highest BCUT2D eigenvalue weighted by molar-refractivity contribution is 6.00. The van der Waals surface area contributed by atoms with Crippen molar-refractivity contribution in [2.75, 3.05) is 55.5 Å². The number of rotatable bonds is 10. The van der Waals surface area contributed by atoms with E-state index in [9.17, 15) is 4.79 Å². The van der Waals surface area contributed by atoms with Crippen LogP contribution >= 0.6 is 0 Å². The molecule has 10 heteroatoms. The quantitative estimate of drug-likeness (QED) is 0.211. The Labute approximate surface area is 251 Å². The number of para-hydroxylation sites is 1. The maximum Gasteiger partial charge on any atom is 0.323 e. The Morgan fingerprint density at radius 1 is 0.907 bits per heavy atom. The number of ether oxygens (including phenoxy) is 1. The number of carbonyl (C=O) groups excluding carboxylic acids is 1. The summed E-state index contributed by atoms with van der Waals surface area (Å²) in [5.74, 6) is 0. The van der Waals surface area contributed by atoms with Crippen molar-refractivity contribution >= 4 is 28.4 Å². The lowest BCUT2D eigenvalue weighted by atomic mass is 10.0. The minimum atomic E-state index is -0.286. The molecule has 0 bridgehead atoms. The number of fused-ring (bicyclic) bond motifs is 1. The Hall–Kier alpha value is -4.80. The summed E-state index contributed by atoms with van der Waals surface area (Å²) < 4.78 is 5.48. The smallest absolute Gasteiger partial charge is 0.323 e. The van der Waals surface area contributed by atoms with Crippen LogP contribution in [0.25, 0.3) is 22.3 Å². The van der Waals surface area contributed by atoms with Crippen LogP contribution in [0.4, 0.5) is 16.2 Å². The van der Waals surface area contributed by atoms with Crippen LogP contribution in [0.2, 0.25) is 0 Å². The standard InChI is InChI=1S/C33H36N8O2/c1-2-25-10-6-7-11-28(25)38-33(42)37-27-14-12-26(13-15-27)31-30-29(22-24-8-4-3-5-9-24)34-23-35-32(30)41(39-31)36-16-17-40-18-20-43-21-19-40/h3-15,23,36H,2,16-22H2,1H3,(H2,37,38,42). The number of anilines is 2. The number of benzene rings is 3. The molecule has 0 saturated carbocycles. The Balaban J connectivity index is 1.25. The third kappa shape index (κ3) is 6.82. The number of carbonyl (C=O) groups is 1. The number of hydrogen-bond acceptors (Lipinski definition) is 7. The predicted molar refractivity (Wildman–Crippen MR) is 170 cm³/mol. The summed E-state index contributed by atoms with van der Waals surface area (Å²) in [4.78, 5) is 26.2. The summed E-state index contributed by atoms with van der Waals surface area (Å²) in [7, 11) is 0. The second kappa shape index (κ2) is 13.5. The predicted octanol–water partition coefficient (Wildman–Crippen LogP) is 5.17. The third-order valence-electron chi connectivity index (χ3n) is 7.61. The van der Waals surface area contributed by atoms with Crippen molar-refractivity contribution in [2.24, 2.45) is 0 Å². The number of hydrogen-bond donors (Lipinski definition) is 3. The van der Waals surface area contributed by atoms with Crippen LogP contribution < -0.4 is 16.1 Å². The Bertz CT molecular complexity index is 1660. The molecule has 3 aromatic carbocycles. The molecular formula is C33H36N8O2. The molecule has 0 spiro atoms. The van der Waals surface area contributed by atoms with E-state index in [1.54, 1.807) is 11.1 Å². The summed E-state index contributed by atoms with van der Waals surface area (Å²) in [6.45, 7) is 7.06. The third-order valence-corrected chi connectivity index (χ3v) is 7.61. The largest absolute Gasteiger partial charge is 0.379 e. The molecule has 1 fully saturated rings. The number of aromatic nitrogens is 4. The fourth-order valence-corrected chi connectivity index (χ4v) is 5.33. The molecule has 5 aromatic rings. The zero-order chi connectivity index (χ0) is 29.4. The lowest BCUT2D eigenvalue weighted by Crippen LogP contribution is -2.40. The fraction of sp³-hybridized carbons (Fsp3) is 0.273. The van der Waals surface area contributed by atoms with Gasteiger partial charge in [-0.1, -0.05) is 67.6 Å². The van der Waals surface area contributed by atoms with E-state index in [-0.39, 0.29) is 6.03 Å². The van der Waals surface area contributed by atoms with E-state index in [0.29, 0.717) is 18.7 Å². The van der Waals surface area contributed by atoms with Gasteiger partial charge in [0.15, 0.2) is 5.65 Å². The van der Waals surface area contributed by atoms with Gasteiger partial charge in [-0.3, -0.25) is 4.90 Å². The van der Waals surface area contributed by atoms with Gasteiger partial charge >= 0.3 is 6.03 Å². The molecule has 1 saturated heterocycles. The Morgan fingerprint density at radius 2 is 1.67 bits per heavy atom. The maximum atomic E-state index is 12.7. The molecule has 3 N–H and O–H groups in total. The van der Waals surface area contributed by atoms with Gasteiger partial charge < -0.3 is 20.8 Å². The van der Waals surface area contributed by atoms with Crippen LogP contribution in [0.15, 0.2) is 85.2 Å². The average molecular weight is 577 g/mol. The van der Waals surface area contributed by atoms with E-state index in [4.69, 9.17) is 9.84 Å². The molecule has 6 rings (SSSR count). The molecule has 3 heterocycles. The van der Waals surface area contributed by atoms with Crippen LogP contribution in [0.1, 0.15) is 23.7 Å². The molecule has 0 atom stereocenters. The molecule has 1 aliphatic rings. The van der Waals surface area contributed by atoms with Gasteiger partial charge in [0.2, 0.25) is 0 Å². The molecule has 43 heavy (non-hydrogen) atoms. The summed E-state index contributed by atoms with van der Waals surface area (Å²) >= 11 is 0. The van der Waals surface area contributed by atoms with Gasteiger partial charge in [0, 0.05) is 49.5 Å². The van der Waals surface area contributed by atoms with E-state index in [2.05, 4.69) is 50.0 Å². The van der Waals surface area contributed by atoms with Crippen molar-refractivity contribution in [3.63, 3.8) is 0 Å². The number of urea groups is 1. The van der Waals surface area contributed by atoms with Crippen LogP contribution in [0.3, 0.4) is 0 Å². The summed E-state index contributed by atoms with van der Waals surface area (Å²) in [5, 5.41) is 11.8. The summed E-state index contributed by atoms with van der Waals surface area (Å²) in [6, 6.07) is 25.5. The second-order valence-corrected chi connectivity index (χ2v) is 10.5. The van der Waals surface area contributed by atoms with E-state index in [0.717, 1.165) is 84.1 Å². The minimum Gasteiger partial charge on any atom is -0.379 e. The molecule has 10 nitrogen and oxygen atoms in total. The van der Waals surface area contributed by atoms with Gasteiger partial charge in [0.1, 0.15) is 12.0 Å². The minimum absolute atomic E-state index is 0.286. The van der Waals surface area contributed by atoms with E-state index in [1.807, 2.05) is 66.7 Å². The SMILES string of the molecule is CCc1ccccc1NC(=O)Nc1ccc(-c2nn(NCCN3CCOCC3)c3ncnc(Cc4ccccc4)c23)cc1. The first-order chi connectivity index (χ1) is 21.2. The van der Waals surface area contributed by atoms with Gasteiger partial charge in [-0.25, -0.2) is 14.8 Å². The first-order valence-corrected chi connectivity index (χ1v) is 14.7. The summed E-state index contributed by atoms with van der Waals surface area (Å²) in [6.07, 6.45) is 3.10. The van der Waals surface area contributed by atoms with Gasteiger partial charge in [-0.05, 0) is 35.7 Å². The zero-order valence-electron chi connectivity index (χ0n) is 24.3. The molecule has 2 amide bonds. The van der Waals surface area contributed by atoms with Crippen LogP contribution in [0, 0.1) is 0 Å². The fourth-order valence-electron chi connectivity index (χ4n) is 5.33. The van der Waals surface area contributed by atoms with E-state index < -0.39 is 0 Å². The molecule has 0 aliphatic carbocycles. The number of morpholine rings is 1. The Kier molecular flexibility index (Phi) is 8.86. The van der Waals surface area contributed by atoms with Crippen molar-refractivity contribution in [2.45, 2.75) is 19.8 Å². The number of nitrogens with one attached hydrogen (secondary N) is 3. The normalized spacial score (nSPS) is 13.6. The number of nitrogens with zero attached hydrogens (tertiary/aromatic N) is 5. The summed E-state index contributed by atoms with van der Waals surface area (Å²) in [5.41, 5.74) is 10.5. The highest BCUT2D eigenvalue weighted by Gasteiger charge is 2.19. The van der Waals surface area contributed by atoms with E-state index >= 15 is 0 Å².